The molecule has 2 aromatic carbocycles. The van der Waals surface area contributed by atoms with Crippen LogP contribution in [0.5, 0.6) is 0 Å². The smallest absolute Gasteiger partial charge is 0.264 e. The quantitative estimate of drug-likeness (QED) is 0.946. The molecule has 1 amide bonds. The van der Waals surface area contributed by atoms with E-state index >= 15 is 0 Å². The lowest BCUT2D eigenvalue weighted by Crippen LogP contribution is -2.30. The highest BCUT2D eigenvalue weighted by Gasteiger charge is 2.18. The highest BCUT2D eigenvalue weighted by molar-refractivity contribution is 7.90. The van der Waals surface area contributed by atoms with Crippen LogP contribution in [-0.4, -0.2) is 14.3 Å². The monoisotopic (exact) mass is 295 g/mol. The molecule has 19 heavy (non-hydrogen) atoms. The van der Waals surface area contributed by atoms with Gasteiger partial charge in [0.15, 0.2) is 0 Å². The van der Waals surface area contributed by atoms with Crippen molar-refractivity contribution >= 4 is 27.5 Å². The summed E-state index contributed by atoms with van der Waals surface area (Å²) >= 11 is 5.73. The van der Waals surface area contributed by atoms with Gasteiger partial charge in [0.2, 0.25) is 0 Å². The second-order valence-electron chi connectivity index (χ2n) is 3.76. The zero-order valence-electron chi connectivity index (χ0n) is 9.71. The van der Waals surface area contributed by atoms with Crippen molar-refractivity contribution in [3.05, 3.63) is 65.2 Å². The summed E-state index contributed by atoms with van der Waals surface area (Å²) in [6, 6.07) is 13.8. The summed E-state index contributed by atoms with van der Waals surface area (Å²) in [7, 11) is -3.91. The Labute approximate surface area is 116 Å². The van der Waals surface area contributed by atoms with E-state index in [1.807, 2.05) is 4.72 Å². The van der Waals surface area contributed by atoms with Crippen LogP contribution in [0.3, 0.4) is 0 Å². The lowest BCUT2D eigenvalue weighted by Gasteiger charge is -2.07. The van der Waals surface area contributed by atoms with Crippen LogP contribution in [-0.2, 0) is 10.0 Å². The topological polar surface area (TPSA) is 63.2 Å². The molecule has 0 spiro atoms. The fourth-order valence-corrected chi connectivity index (χ4v) is 2.74. The molecule has 0 heterocycles. The van der Waals surface area contributed by atoms with Gasteiger partial charge in [-0.15, -0.1) is 0 Å². The molecule has 0 bridgehead atoms. The predicted octanol–water partition coefficient (Wildman–Crippen LogP) is 2.46. The van der Waals surface area contributed by atoms with Crippen molar-refractivity contribution in [2.24, 2.45) is 0 Å². The SMILES string of the molecule is O=C(NS(=O)(=O)c1cccc(Cl)c1)c1ccccc1. The van der Waals surface area contributed by atoms with Crippen LogP contribution in [0.1, 0.15) is 10.4 Å². The normalized spacial score (nSPS) is 11.0. The lowest BCUT2D eigenvalue weighted by molar-refractivity contribution is 0.0981. The van der Waals surface area contributed by atoms with Gasteiger partial charge in [-0.3, -0.25) is 4.79 Å². The first kappa shape index (κ1) is 13.6. The molecule has 0 saturated heterocycles. The fraction of sp³-hybridized carbons (Fsp3) is 0. The maximum atomic E-state index is 12.0. The fourth-order valence-electron chi connectivity index (χ4n) is 1.46. The summed E-state index contributed by atoms with van der Waals surface area (Å²) in [5, 5.41) is 0.287. The third-order valence-corrected chi connectivity index (χ3v) is 3.93. The molecule has 0 aromatic heterocycles. The Morgan fingerprint density at radius 1 is 1.00 bits per heavy atom. The van der Waals surface area contributed by atoms with Crippen molar-refractivity contribution in [3.8, 4) is 0 Å². The second-order valence-corrected chi connectivity index (χ2v) is 5.88. The van der Waals surface area contributed by atoms with Crippen LogP contribution < -0.4 is 4.72 Å². The van der Waals surface area contributed by atoms with E-state index < -0.39 is 15.9 Å². The molecule has 0 saturated carbocycles. The molecule has 0 aliphatic carbocycles. The van der Waals surface area contributed by atoms with Gasteiger partial charge in [0.1, 0.15) is 0 Å². The average molecular weight is 296 g/mol. The first-order chi connectivity index (χ1) is 8.99. The summed E-state index contributed by atoms with van der Waals surface area (Å²) in [5.74, 6) is -0.680. The zero-order chi connectivity index (χ0) is 13.9. The molecule has 4 nitrogen and oxygen atoms in total. The molecule has 0 aliphatic rings. The number of rotatable bonds is 3. The number of sulfonamides is 1. The van der Waals surface area contributed by atoms with Crippen molar-refractivity contribution in [1.82, 2.24) is 4.72 Å². The number of benzene rings is 2. The van der Waals surface area contributed by atoms with Crippen molar-refractivity contribution < 1.29 is 13.2 Å². The van der Waals surface area contributed by atoms with Crippen molar-refractivity contribution in [3.63, 3.8) is 0 Å². The van der Waals surface area contributed by atoms with Gasteiger partial charge < -0.3 is 0 Å². The maximum absolute atomic E-state index is 12.0. The molecule has 0 radical (unpaired) electrons. The number of carbonyl (C=O) groups is 1. The predicted molar refractivity (Wildman–Crippen MR) is 72.5 cm³/mol. The number of nitrogens with one attached hydrogen (secondary N) is 1. The van der Waals surface area contributed by atoms with Gasteiger partial charge in [-0.25, -0.2) is 13.1 Å². The maximum Gasteiger partial charge on any atom is 0.264 e. The Hall–Kier alpha value is -1.85. The molecule has 98 valence electrons. The number of hydrogen-bond donors (Lipinski definition) is 1. The van der Waals surface area contributed by atoms with Gasteiger partial charge in [0.25, 0.3) is 15.9 Å². The van der Waals surface area contributed by atoms with E-state index in [2.05, 4.69) is 0 Å². The van der Waals surface area contributed by atoms with E-state index in [-0.39, 0.29) is 15.5 Å². The largest absolute Gasteiger partial charge is 0.268 e. The Balaban J connectivity index is 2.25. The first-order valence-electron chi connectivity index (χ1n) is 5.37. The third-order valence-electron chi connectivity index (χ3n) is 2.37. The van der Waals surface area contributed by atoms with E-state index in [1.165, 1.54) is 30.3 Å². The van der Waals surface area contributed by atoms with E-state index in [1.54, 1.807) is 24.3 Å². The standard InChI is InChI=1S/C13H10ClNO3S/c14-11-7-4-8-12(9-11)19(17,18)15-13(16)10-5-2-1-3-6-10/h1-9H,(H,15,16). The van der Waals surface area contributed by atoms with Crippen LogP contribution in [0, 0.1) is 0 Å². The van der Waals surface area contributed by atoms with Gasteiger partial charge >= 0.3 is 0 Å². The molecular formula is C13H10ClNO3S. The van der Waals surface area contributed by atoms with Crippen LogP contribution >= 0.6 is 11.6 Å². The van der Waals surface area contributed by atoms with E-state index in [0.717, 1.165) is 0 Å². The van der Waals surface area contributed by atoms with Crippen LogP contribution in [0.2, 0.25) is 5.02 Å². The molecule has 2 rings (SSSR count). The van der Waals surface area contributed by atoms with Crippen molar-refractivity contribution in [1.29, 1.82) is 0 Å². The summed E-state index contributed by atoms with van der Waals surface area (Å²) in [5.41, 5.74) is 0.271. The molecule has 2 aromatic rings. The van der Waals surface area contributed by atoms with Crippen LogP contribution in [0.4, 0.5) is 0 Å². The van der Waals surface area contributed by atoms with Crippen molar-refractivity contribution in [2.45, 2.75) is 4.90 Å². The number of carbonyl (C=O) groups excluding carboxylic acids is 1. The lowest BCUT2D eigenvalue weighted by atomic mass is 10.2. The number of halogens is 1. The van der Waals surface area contributed by atoms with E-state index in [9.17, 15) is 13.2 Å². The first-order valence-corrected chi connectivity index (χ1v) is 7.23. The van der Waals surface area contributed by atoms with Crippen LogP contribution in [0.15, 0.2) is 59.5 Å². The molecule has 0 fully saturated rings. The second kappa shape index (κ2) is 5.42. The third kappa shape index (κ3) is 3.33. The van der Waals surface area contributed by atoms with Gasteiger partial charge in [-0.1, -0.05) is 35.9 Å². The van der Waals surface area contributed by atoms with Gasteiger partial charge in [-0.05, 0) is 30.3 Å². The number of hydrogen-bond acceptors (Lipinski definition) is 3. The molecule has 0 atom stereocenters. The van der Waals surface area contributed by atoms with Gasteiger partial charge in [0.05, 0.1) is 4.90 Å². The van der Waals surface area contributed by atoms with Crippen LogP contribution in [0.25, 0.3) is 0 Å². The Bertz CT molecular complexity index is 699. The van der Waals surface area contributed by atoms with E-state index in [0.29, 0.717) is 0 Å². The average Bonchev–Trinajstić information content (AvgIpc) is 2.39. The highest BCUT2D eigenvalue weighted by atomic mass is 35.5. The Morgan fingerprint density at radius 3 is 2.32 bits per heavy atom. The minimum atomic E-state index is -3.91. The molecular weight excluding hydrogens is 286 g/mol. The summed E-state index contributed by atoms with van der Waals surface area (Å²) in [4.78, 5) is 11.7. The Kier molecular flexibility index (Phi) is 3.87. The molecule has 6 heteroatoms. The van der Waals surface area contributed by atoms with Gasteiger partial charge in [0, 0.05) is 10.6 Å². The number of amides is 1. The van der Waals surface area contributed by atoms with E-state index in [4.69, 9.17) is 11.6 Å². The molecule has 0 aliphatic heterocycles. The van der Waals surface area contributed by atoms with Crippen molar-refractivity contribution in [2.75, 3.05) is 0 Å². The zero-order valence-corrected chi connectivity index (χ0v) is 11.3. The van der Waals surface area contributed by atoms with Gasteiger partial charge in [-0.2, -0.15) is 0 Å². The molecule has 1 N–H and O–H groups in total. The minimum Gasteiger partial charge on any atom is -0.268 e. The molecule has 0 unspecified atom stereocenters. The Morgan fingerprint density at radius 2 is 1.68 bits per heavy atom. The minimum absolute atomic E-state index is 0.0516. The highest BCUT2D eigenvalue weighted by Crippen LogP contribution is 2.15. The summed E-state index contributed by atoms with van der Waals surface area (Å²) in [6.07, 6.45) is 0. The summed E-state index contributed by atoms with van der Waals surface area (Å²) < 4.78 is 25.9. The summed E-state index contributed by atoms with van der Waals surface area (Å²) in [6.45, 7) is 0.